The van der Waals surface area contributed by atoms with Crippen LogP contribution in [0.15, 0.2) is 188 Å². The summed E-state index contributed by atoms with van der Waals surface area (Å²) in [7, 11) is 0. The molecule has 0 saturated heterocycles. The molecule has 0 amide bonds. The Kier molecular flexibility index (Phi) is 3.09. The fourth-order valence-electron chi connectivity index (χ4n) is 6.90. The quantitative estimate of drug-likeness (QED) is 0.177. The highest BCUT2D eigenvalue weighted by Gasteiger charge is 2.20. The Balaban J connectivity index is 1.39. The summed E-state index contributed by atoms with van der Waals surface area (Å²) in [6.45, 7) is 0. The fraction of sp³-hybridized carbons (Fsp3) is 0. The topological polar surface area (TPSA) is 14.8 Å². The Hall–Kier alpha value is -6.84. The molecule has 3 nitrogen and oxygen atoms in total. The molecule has 0 aliphatic rings. The second-order valence-electron chi connectivity index (χ2n) is 11.7. The maximum Gasteiger partial charge on any atom is 0.0652 e. The van der Waals surface area contributed by atoms with Gasteiger partial charge < -0.3 is 13.7 Å². The predicted molar refractivity (Wildman–Crippen MR) is 215 cm³/mol. The molecule has 0 saturated carbocycles. The second kappa shape index (κ2) is 10.8. The van der Waals surface area contributed by atoms with Gasteiger partial charge in [-0.15, -0.1) is 0 Å². The normalized spacial score (nSPS) is 17.7. The monoisotopic (exact) mass is 670 g/mol. The van der Waals surface area contributed by atoms with Crippen LogP contribution in [0.1, 0.15) is 28.8 Å². The zero-order chi connectivity index (χ0) is 51.7. The molecule has 0 fully saturated rings. The minimum atomic E-state index is -0.862. The van der Waals surface area contributed by atoms with E-state index in [1.54, 1.807) is 60.7 Å². The van der Waals surface area contributed by atoms with Gasteiger partial charge in [-0.3, -0.25) is 0 Å². The summed E-state index contributed by atoms with van der Waals surface area (Å²) < 4.78 is 197. The van der Waals surface area contributed by atoms with E-state index >= 15 is 0 Å². The predicted octanol–water partition coefficient (Wildman–Crippen LogP) is 12.6. The van der Waals surface area contributed by atoms with Crippen LogP contribution < -0.4 is 0 Å². The molecule has 0 atom stereocenters. The largest absolute Gasteiger partial charge is 0.309 e. The van der Waals surface area contributed by atoms with Gasteiger partial charge in [0.05, 0.1) is 67.6 Å². The van der Waals surface area contributed by atoms with Gasteiger partial charge in [-0.1, -0.05) is 115 Å². The van der Waals surface area contributed by atoms with Gasteiger partial charge in [0.15, 0.2) is 0 Å². The molecule has 8 aromatic carbocycles. The zero-order valence-corrected chi connectivity index (χ0v) is 26.1. The van der Waals surface area contributed by atoms with E-state index in [0.29, 0.717) is 0 Å². The molecule has 0 aliphatic carbocycles. The fourth-order valence-corrected chi connectivity index (χ4v) is 6.90. The van der Waals surface area contributed by atoms with Crippen molar-refractivity contribution in [3.05, 3.63) is 188 Å². The molecular weight excluding hydrogens is 619 g/mol. The zero-order valence-electron chi connectivity index (χ0n) is 47.1. The van der Waals surface area contributed by atoms with Gasteiger partial charge in [0.2, 0.25) is 0 Å². The first-order valence-corrected chi connectivity index (χ1v) is 15.8. The average Bonchev–Trinajstić information content (AvgIpc) is 4.05. The van der Waals surface area contributed by atoms with Crippen molar-refractivity contribution in [2.75, 3.05) is 0 Å². The van der Waals surface area contributed by atoms with Gasteiger partial charge >= 0.3 is 0 Å². The third kappa shape index (κ3) is 4.06. The van der Waals surface area contributed by atoms with Crippen molar-refractivity contribution in [2.24, 2.45) is 0 Å². The number of benzene rings is 8. The van der Waals surface area contributed by atoms with Gasteiger partial charge in [0.1, 0.15) is 0 Å². The van der Waals surface area contributed by atoms with Gasteiger partial charge in [0, 0.05) is 43.7 Å². The van der Waals surface area contributed by atoms with Crippen LogP contribution in [0.5, 0.6) is 0 Å². The van der Waals surface area contributed by atoms with E-state index in [1.165, 1.54) is 9.13 Å². The third-order valence-electron chi connectivity index (χ3n) is 9.02. The molecule has 11 aromatic rings. The maximum absolute atomic E-state index is 10.0. The Morgan fingerprint density at radius 1 is 0.333 bits per heavy atom. The smallest absolute Gasteiger partial charge is 0.0652 e. The lowest BCUT2D eigenvalue weighted by Gasteiger charge is -2.12. The highest BCUT2D eigenvalue weighted by atomic mass is 15.0. The van der Waals surface area contributed by atoms with Crippen LogP contribution in [0.4, 0.5) is 0 Å². The summed E-state index contributed by atoms with van der Waals surface area (Å²) in [5, 5.41) is -1.78. The van der Waals surface area contributed by atoms with E-state index in [-0.39, 0.29) is 55.0 Å². The number of rotatable bonds is 4. The van der Waals surface area contributed by atoms with E-state index in [1.807, 2.05) is 0 Å². The van der Waals surface area contributed by atoms with Crippen molar-refractivity contribution >= 4 is 65.4 Å². The van der Waals surface area contributed by atoms with E-state index in [0.717, 1.165) is 4.57 Å². The summed E-state index contributed by atoms with van der Waals surface area (Å²) in [5.74, 6) is 0. The Labute approximate surface area is 324 Å². The summed E-state index contributed by atoms with van der Waals surface area (Å²) in [4.78, 5) is 0. The molecule has 238 valence electrons. The molecule has 3 heterocycles. The van der Waals surface area contributed by atoms with Crippen molar-refractivity contribution < 1.29 is 28.8 Å². The van der Waals surface area contributed by atoms with Crippen LogP contribution in [-0.4, -0.2) is 13.7 Å². The number of hydrogen-bond donors (Lipinski definition) is 0. The van der Waals surface area contributed by atoms with E-state index < -0.39 is 166 Å². The molecule has 0 unspecified atom stereocenters. The minimum Gasteiger partial charge on any atom is -0.309 e. The molecule has 51 heavy (non-hydrogen) atoms. The van der Waals surface area contributed by atoms with Crippen molar-refractivity contribution in [3.63, 3.8) is 0 Å². The van der Waals surface area contributed by atoms with Crippen molar-refractivity contribution in [1.82, 2.24) is 13.7 Å². The summed E-state index contributed by atoms with van der Waals surface area (Å²) in [5.41, 5.74) is -2.78. The Bertz CT molecular complexity index is 4330. The van der Waals surface area contributed by atoms with Gasteiger partial charge in [-0.05, 0) is 83.7 Å². The molecule has 0 N–H and O–H groups in total. The first-order chi connectivity index (χ1) is 34.1. The lowest BCUT2D eigenvalue weighted by atomic mass is 10.0. The molecule has 0 aliphatic heterocycles. The van der Waals surface area contributed by atoms with Crippen LogP contribution in [0, 0.1) is 0 Å². The van der Waals surface area contributed by atoms with E-state index in [2.05, 4.69) is 0 Å². The number of aromatic nitrogens is 3. The van der Waals surface area contributed by atoms with Gasteiger partial charge in [0.25, 0.3) is 0 Å². The van der Waals surface area contributed by atoms with Crippen LogP contribution in [0.2, 0.25) is 0 Å². The molecule has 0 radical (unpaired) electrons. The third-order valence-corrected chi connectivity index (χ3v) is 9.02. The Morgan fingerprint density at radius 2 is 0.824 bits per heavy atom. The van der Waals surface area contributed by atoms with Crippen molar-refractivity contribution in [1.29, 1.82) is 0 Å². The van der Waals surface area contributed by atoms with Gasteiger partial charge in [-0.2, -0.15) is 0 Å². The number of para-hydroxylation sites is 5. The second-order valence-corrected chi connectivity index (χ2v) is 11.7. The molecule has 11 rings (SSSR count). The molecular formula is C48H31N3. The lowest BCUT2D eigenvalue weighted by molar-refractivity contribution is 1.17. The highest BCUT2D eigenvalue weighted by Crippen LogP contribution is 2.41. The average molecular weight is 671 g/mol. The molecule has 3 heteroatoms. The first kappa shape index (κ1) is 14.6. The van der Waals surface area contributed by atoms with Crippen LogP contribution >= 0.6 is 0 Å². The maximum atomic E-state index is 10.0. The minimum absolute atomic E-state index is 0.128. The van der Waals surface area contributed by atoms with Crippen molar-refractivity contribution in [2.45, 2.75) is 0 Å². The number of hydrogen-bond acceptors (Lipinski definition) is 0. The van der Waals surface area contributed by atoms with Gasteiger partial charge in [-0.25, -0.2) is 0 Å². The number of nitrogens with zero attached hydrogens (tertiary/aromatic N) is 3. The highest BCUT2D eigenvalue weighted by molar-refractivity contribution is 6.17. The number of fused-ring (bicyclic) bond motifs is 9. The summed E-state index contributed by atoms with van der Waals surface area (Å²) in [6.07, 6.45) is 0. The molecule has 3 aromatic heterocycles. The molecule has 0 spiro atoms. The Morgan fingerprint density at radius 3 is 1.53 bits per heavy atom. The van der Waals surface area contributed by atoms with Crippen LogP contribution in [-0.2, 0) is 0 Å². The summed E-state index contributed by atoms with van der Waals surface area (Å²) >= 11 is 0. The van der Waals surface area contributed by atoms with Crippen molar-refractivity contribution in [3.8, 4) is 28.2 Å². The lowest BCUT2D eigenvalue weighted by Crippen LogP contribution is -1.96. The first-order valence-electron chi connectivity index (χ1n) is 26.3. The van der Waals surface area contributed by atoms with E-state index in [4.69, 9.17) is 12.3 Å². The van der Waals surface area contributed by atoms with Crippen LogP contribution in [0.25, 0.3) is 93.6 Å². The van der Waals surface area contributed by atoms with Crippen LogP contribution in [0.3, 0.4) is 0 Å². The standard InChI is InChI=1S/C48H31N3/c1-3-14-34(15-4-1)49-43-23-12-9-20-39(43)48-45(49)24-13-25-46(48)51-42-22-11-8-19-37(42)40-30-32(27-29-44(40)51)33-26-28-38-36-18-7-10-21-41(36)50(47(38)31-33)35-16-5-2-6-17-35/h1-31H/i7D,8D,9D,10D,11D,12D,13D,18D,19D,20D,21D,22D,23D,24D,25D,26D,27D,28D,29D,30D,31D. The van der Waals surface area contributed by atoms with E-state index in [9.17, 15) is 16.4 Å². The SMILES string of the molecule is [2H]c1c([2H])c([2H])c2c(c1[2H])c1c([2H])c([2H])c(-c3c([2H])c([2H])c4c(c3[2H])c3c([2H])c([2H])c([2H])c([2H])c3n4-c3c([2H])c([2H])c([2H])c4c3c3c([2H])c([2H])c([2H])c([2H])c3n4-c3ccccc3)c([2H])c1n2-c1ccccc1. The molecule has 0 bridgehead atoms. The summed E-state index contributed by atoms with van der Waals surface area (Å²) in [6, 6.07) is 1.62.